The van der Waals surface area contributed by atoms with Gasteiger partial charge in [-0.2, -0.15) is 5.10 Å². The zero-order chi connectivity index (χ0) is 18.1. The van der Waals surface area contributed by atoms with E-state index in [9.17, 15) is 4.79 Å². The minimum Gasteiger partial charge on any atom is -0.349 e. The molecule has 4 nitrogen and oxygen atoms in total. The van der Waals surface area contributed by atoms with Crippen LogP contribution >= 0.6 is 23.2 Å². The van der Waals surface area contributed by atoms with Gasteiger partial charge in [0.05, 0.1) is 16.4 Å². The van der Waals surface area contributed by atoms with Gasteiger partial charge < -0.3 is 5.32 Å². The lowest BCUT2D eigenvalue weighted by molar-refractivity contribution is 0.0917. The molecule has 1 aliphatic rings. The van der Waals surface area contributed by atoms with Crippen molar-refractivity contribution in [3.05, 3.63) is 64.1 Å². The number of nitrogens with zero attached hydrogens (tertiary/aromatic N) is 1. The van der Waals surface area contributed by atoms with Crippen molar-refractivity contribution in [2.24, 2.45) is 0 Å². The van der Waals surface area contributed by atoms with Gasteiger partial charge in [-0.15, -0.1) is 0 Å². The molecule has 1 fully saturated rings. The summed E-state index contributed by atoms with van der Waals surface area (Å²) >= 11 is 12.2. The molecule has 132 valence electrons. The van der Waals surface area contributed by atoms with Crippen LogP contribution in [0.1, 0.15) is 29.6 Å². The maximum Gasteiger partial charge on any atom is 0.251 e. The van der Waals surface area contributed by atoms with Crippen LogP contribution in [-0.4, -0.2) is 22.1 Å². The minimum absolute atomic E-state index is 0.0167. The second-order valence-corrected chi connectivity index (χ2v) is 7.31. The molecule has 0 aliphatic heterocycles. The fourth-order valence-corrected chi connectivity index (χ4v) is 3.44. The molecule has 6 heteroatoms. The highest BCUT2D eigenvalue weighted by Gasteiger charge is 2.20. The van der Waals surface area contributed by atoms with Crippen LogP contribution in [0.3, 0.4) is 0 Å². The van der Waals surface area contributed by atoms with Gasteiger partial charge in [-0.05, 0) is 55.7 Å². The first kappa shape index (κ1) is 17.1. The smallest absolute Gasteiger partial charge is 0.251 e. The summed E-state index contributed by atoms with van der Waals surface area (Å²) in [4.78, 5) is 12.2. The van der Waals surface area contributed by atoms with E-state index in [-0.39, 0.29) is 5.91 Å². The van der Waals surface area contributed by atoms with E-state index in [1.54, 1.807) is 12.1 Å². The lowest BCUT2D eigenvalue weighted by Crippen LogP contribution is -2.39. The number of carbonyl (C=O) groups is 1. The van der Waals surface area contributed by atoms with Crippen LogP contribution in [0.15, 0.2) is 48.5 Å². The summed E-state index contributed by atoms with van der Waals surface area (Å²) < 4.78 is 0. The second kappa shape index (κ2) is 7.14. The predicted octanol–water partition coefficient (Wildman–Crippen LogP) is 5.33. The zero-order valence-electron chi connectivity index (χ0n) is 13.9. The lowest BCUT2D eigenvalue weighted by atomic mass is 9.93. The van der Waals surface area contributed by atoms with Crippen molar-refractivity contribution < 1.29 is 4.79 Å². The number of aromatic nitrogens is 2. The van der Waals surface area contributed by atoms with Crippen LogP contribution in [0.25, 0.3) is 22.5 Å². The Kier molecular flexibility index (Phi) is 4.70. The van der Waals surface area contributed by atoms with Gasteiger partial charge in [-0.3, -0.25) is 9.89 Å². The van der Waals surface area contributed by atoms with E-state index >= 15 is 0 Å². The molecule has 1 aromatic heterocycles. The number of benzene rings is 2. The first-order valence-electron chi connectivity index (χ1n) is 8.52. The highest BCUT2D eigenvalue weighted by Crippen LogP contribution is 2.31. The van der Waals surface area contributed by atoms with Crippen LogP contribution in [0, 0.1) is 0 Å². The number of rotatable bonds is 4. The maximum atomic E-state index is 12.2. The first-order valence-corrected chi connectivity index (χ1v) is 9.28. The van der Waals surface area contributed by atoms with Crippen molar-refractivity contribution in [1.82, 2.24) is 15.5 Å². The van der Waals surface area contributed by atoms with Gasteiger partial charge in [0.1, 0.15) is 0 Å². The summed E-state index contributed by atoms with van der Waals surface area (Å²) in [7, 11) is 0. The Morgan fingerprint density at radius 2 is 1.85 bits per heavy atom. The van der Waals surface area contributed by atoms with Crippen LogP contribution < -0.4 is 5.32 Å². The summed E-state index contributed by atoms with van der Waals surface area (Å²) in [6.45, 7) is 0. The van der Waals surface area contributed by atoms with Gasteiger partial charge in [0, 0.05) is 27.8 Å². The molecule has 4 rings (SSSR count). The minimum atomic E-state index is -0.0167. The summed E-state index contributed by atoms with van der Waals surface area (Å²) in [5, 5.41) is 11.6. The van der Waals surface area contributed by atoms with Crippen LogP contribution in [-0.2, 0) is 0 Å². The van der Waals surface area contributed by atoms with E-state index < -0.39 is 0 Å². The van der Waals surface area contributed by atoms with Gasteiger partial charge in [0.2, 0.25) is 0 Å². The molecule has 0 saturated heterocycles. The van der Waals surface area contributed by atoms with Crippen LogP contribution in [0.5, 0.6) is 0 Å². The van der Waals surface area contributed by atoms with E-state index in [1.807, 2.05) is 36.4 Å². The van der Waals surface area contributed by atoms with Crippen molar-refractivity contribution in [1.29, 1.82) is 0 Å². The SMILES string of the molecule is O=C(NC1CCC1)c1ccc(-c2cc(-c3ccc(Cl)cc3Cl)[nH]n2)cc1. The first-order chi connectivity index (χ1) is 12.6. The fourth-order valence-electron chi connectivity index (χ4n) is 2.93. The summed E-state index contributed by atoms with van der Waals surface area (Å²) in [5.41, 5.74) is 4.03. The van der Waals surface area contributed by atoms with E-state index in [0.717, 1.165) is 35.4 Å². The molecule has 1 amide bonds. The molecular weight excluding hydrogens is 369 g/mol. The monoisotopic (exact) mass is 385 g/mol. The Bertz CT molecular complexity index is 946. The molecule has 3 aromatic rings. The Balaban J connectivity index is 1.53. The topological polar surface area (TPSA) is 57.8 Å². The molecule has 2 N–H and O–H groups in total. The van der Waals surface area contributed by atoms with Crippen molar-refractivity contribution in [3.8, 4) is 22.5 Å². The molecule has 26 heavy (non-hydrogen) atoms. The van der Waals surface area contributed by atoms with E-state index in [1.165, 1.54) is 6.42 Å². The zero-order valence-corrected chi connectivity index (χ0v) is 15.4. The normalized spacial score (nSPS) is 14.1. The Morgan fingerprint density at radius 1 is 1.08 bits per heavy atom. The third kappa shape index (κ3) is 3.48. The van der Waals surface area contributed by atoms with Crippen LogP contribution in [0.2, 0.25) is 10.0 Å². The van der Waals surface area contributed by atoms with Gasteiger partial charge in [-0.25, -0.2) is 0 Å². The Labute approximate surface area is 161 Å². The second-order valence-electron chi connectivity index (χ2n) is 6.47. The molecule has 0 unspecified atom stereocenters. The Hall–Kier alpha value is -2.30. The average Bonchev–Trinajstić information content (AvgIpc) is 3.08. The molecule has 2 aromatic carbocycles. The molecular formula is C20H17Cl2N3O. The van der Waals surface area contributed by atoms with E-state index in [4.69, 9.17) is 23.2 Å². The lowest BCUT2D eigenvalue weighted by Gasteiger charge is -2.26. The molecule has 0 bridgehead atoms. The predicted molar refractivity (Wildman–Crippen MR) is 105 cm³/mol. The number of hydrogen-bond acceptors (Lipinski definition) is 2. The highest BCUT2D eigenvalue weighted by molar-refractivity contribution is 6.36. The number of H-pyrrole nitrogens is 1. The molecule has 1 heterocycles. The number of carbonyl (C=O) groups excluding carboxylic acids is 1. The molecule has 0 radical (unpaired) electrons. The maximum absolute atomic E-state index is 12.2. The van der Waals surface area contributed by atoms with Crippen molar-refractivity contribution in [2.75, 3.05) is 0 Å². The summed E-state index contributed by atoms with van der Waals surface area (Å²) in [6, 6.07) is 15.1. The van der Waals surface area contributed by atoms with Gasteiger partial charge in [0.25, 0.3) is 5.91 Å². The third-order valence-corrected chi connectivity index (χ3v) is 5.23. The molecule has 0 atom stereocenters. The van der Waals surface area contributed by atoms with E-state index in [2.05, 4.69) is 15.5 Å². The van der Waals surface area contributed by atoms with Gasteiger partial charge in [0.15, 0.2) is 0 Å². The average molecular weight is 386 g/mol. The standard InChI is InChI=1S/C20H17Cl2N3O/c21-14-8-9-16(17(22)10-14)19-11-18(24-25-19)12-4-6-13(7-5-12)20(26)23-15-2-1-3-15/h4-11,15H,1-3H2,(H,23,26)(H,24,25). The quantitative estimate of drug-likeness (QED) is 0.637. The highest BCUT2D eigenvalue weighted by atomic mass is 35.5. The number of hydrogen-bond donors (Lipinski definition) is 2. The van der Waals surface area contributed by atoms with Crippen molar-refractivity contribution in [2.45, 2.75) is 25.3 Å². The largest absolute Gasteiger partial charge is 0.349 e. The summed E-state index contributed by atoms with van der Waals surface area (Å²) in [5.74, 6) is -0.0167. The van der Waals surface area contributed by atoms with E-state index in [0.29, 0.717) is 21.7 Å². The number of halogens is 2. The molecule has 1 aliphatic carbocycles. The van der Waals surface area contributed by atoms with Gasteiger partial charge >= 0.3 is 0 Å². The molecule has 1 saturated carbocycles. The molecule has 0 spiro atoms. The van der Waals surface area contributed by atoms with Crippen LogP contribution in [0.4, 0.5) is 0 Å². The summed E-state index contributed by atoms with van der Waals surface area (Å²) in [6.07, 6.45) is 3.35. The number of amides is 1. The van der Waals surface area contributed by atoms with Crippen molar-refractivity contribution >= 4 is 29.1 Å². The number of nitrogens with one attached hydrogen (secondary N) is 2. The van der Waals surface area contributed by atoms with Gasteiger partial charge in [-0.1, -0.05) is 35.3 Å². The third-order valence-electron chi connectivity index (χ3n) is 4.68. The van der Waals surface area contributed by atoms with Crippen molar-refractivity contribution in [3.63, 3.8) is 0 Å². The number of aromatic amines is 1. The fraction of sp³-hybridized carbons (Fsp3) is 0.200. The Morgan fingerprint density at radius 3 is 2.50 bits per heavy atom.